The van der Waals surface area contributed by atoms with Crippen LogP contribution in [0.4, 0.5) is 11.4 Å². The quantitative estimate of drug-likeness (QED) is 0.602. The number of carbonyl (C=O) groups is 1. The fourth-order valence-corrected chi connectivity index (χ4v) is 5.19. The van der Waals surface area contributed by atoms with E-state index >= 15 is 0 Å². The molecular formula is C19H20N2O5S. The highest BCUT2D eigenvalue weighted by molar-refractivity contribution is 7.92. The molecule has 1 fully saturated rings. The zero-order valence-corrected chi connectivity index (χ0v) is 15.4. The molecule has 0 heterocycles. The number of nitro groups is 1. The van der Waals surface area contributed by atoms with E-state index in [1.807, 2.05) is 0 Å². The smallest absolute Gasteiger partial charge is 0.273 e. The predicted octanol–water partition coefficient (Wildman–Crippen LogP) is 3.49. The molecule has 2 aromatic carbocycles. The van der Waals surface area contributed by atoms with Crippen molar-refractivity contribution < 1.29 is 18.1 Å². The van der Waals surface area contributed by atoms with Crippen LogP contribution in [0, 0.1) is 10.1 Å². The van der Waals surface area contributed by atoms with Crippen molar-refractivity contribution in [1.82, 2.24) is 0 Å². The molecule has 1 aliphatic rings. The summed E-state index contributed by atoms with van der Waals surface area (Å²) in [6.45, 7) is 0. The number of hydrogen-bond acceptors (Lipinski definition) is 5. The SMILES string of the molecule is O=C(Cc1ccccc1[N+](=O)[O-])Nc1ccc(S(=O)(=O)C2CCCC2)cc1. The molecule has 27 heavy (non-hydrogen) atoms. The lowest BCUT2D eigenvalue weighted by Crippen LogP contribution is -2.18. The first-order valence-corrected chi connectivity index (χ1v) is 10.3. The van der Waals surface area contributed by atoms with Crippen LogP contribution in [-0.4, -0.2) is 24.5 Å². The molecule has 0 unspecified atom stereocenters. The number of hydrogen-bond donors (Lipinski definition) is 1. The molecule has 1 N–H and O–H groups in total. The van der Waals surface area contributed by atoms with Crippen LogP contribution < -0.4 is 5.32 Å². The molecule has 8 heteroatoms. The molecule has 2 aromatic rings. The van der Waals surface area contributed by atoms with Crippen molar-refractivity contribution in [1.29, 1.82) is 0 Å². The number of anilines is 1. The third-order valence-corrected chi connectivity index (χ3v) is 7.03. The number of para-hydroxylation sites is 1. The minimum Gasteiger partial charge on any atom is -0.326 e. The maximum atomic E-state index is 12.6. The molecule has 7 nitrogen and oxygen atoms in total. The van der Waals surface area contributed by atoms with Gasteiger partial charge in [-0.15, -0.1) is 0 Å². The number of rotatable bonds is 6. The van der Waals surface area contributed by atoms with E-state index in [0.717, 1.165) is 12.8 Å². The number of nitrogens with one attached hydrogen (secondary N) is 1. The lowest BCUT2D eigenvalue weighted by atomic mass is 10.1. The monoisotopic (exact) mass is 388 g/mol. The second-order valence-corrected chi connectivity index (χ2v) is 8.81. The van der Waals surface area contributed by atoms with Crippen molar-refractivity contribution in [2.24, 2.45) is 0 Å². The van der Waals surface area contributed by atoms with Gasteiger partial charge in [0.15, 0.2) is 9.84 Å². The van der Waals surface area contributed by atoms with E-state index in [2.05, 4.69) is 5.32 Å². The van der Waals surface area contributed by atoms with Crippen LogP contribution in [0.15, 0.2) is 53.4 Å². The molecule has 1 saturated carbocycles. The Kier molecular flexibility index (Phi) is 5.55. The maximum Gasteiger partial charge on any atom is 0.273 e. The largest absolute Gasteiger partial charge is 0.326 e. The van der Waals surface area contributed by atoms with Crippen molar-refractivity contribution in [2.45, 2.75) is 42.2 Å². The highest BCUT2D eigenvalue weighted by Crippen LogP contribution is 2.30. The normalized spacial score (nSPS) is 14.8. The molecular weight excluding hydrogens is 368 g/mol. The first-order valence-electron chi connectivity index (χ1n) is 8.74. The summed E-state index contributed by atoms with van der Waals surface area (Å²) in [6.07, 6.45) is 3.11. The van der Waals surface area contributed by atoms with Crippen molar-refractivity contribution in [3.05, 3.63) is 64.2 Å². The van der Waals surface area contributed by atoms with Gasteiger partial charge in [-0.1, -0.05) is 31.0 Å². The highest BCUT2D eigenvalue weighted by atomic mass is 32.2. The van der Waals surface area contributed by atoms with E-state index in [0.29, 0.717) is 24.1 Å². The molecule has 1 aliphatic carbocycles. The highest BCUT2D eigenvalue weighted by Gasteiger charge is 2.30. The first kappa shape index (κ1) is 19.0. The second kappa shape index (κ2) is 7.87. The van der Waals surface area contributed by atoms with Gasteiger partial charge in [-0.2, -0.15) is 0 Å². The Hall–Kier alpha value is -2.74. The molecule has 0 saturated heterocycles. The van der Waals surface area contributed by atoms with Gasteiger partial charge in [0, 0.05) is 17.3 Å². The van der Waals surface area contributed by atoms with Gasteiger partial charge in [0.2, 0.25) is 5.91 Å². The van der Waals surface area contributed by atoms with Gasteiger partial charge in [-0.3, -0.25) is 14.9 Å². The van der Waals surface area contributed by atoms with E-state index in [1.54, 1.807) is 24.3 Å². The van der Waals surface area contributed by atoms with E-state index in [-0.39, 0.29) is 22.3 Å². The average Bonchev–Trinajstić information content (AvgIpc) is 3.18. The Labute approximate surface area is 157 Å². The molecule has 3 rings (SSSR count). The molecule has 0 spiro atoms. The minimum atomic E-state index is -3.34. The number of nitro benzene ring substituents is 1. The molecule has 0 atom stereocenters. The van der Waals surface area contributed by atoms with E-state index in [1.165, 1.54) is 24.3 Å². The Bertz CT molecular complexity index is 948. The summed E-state index contributed by atoms with van der Waals surface area (Å²) in [4.78, 5) is 22.9. The van der Waals surface area contributed by atoms with Crippen LogP contribution in [0.2, 0.25) is 0 Å². The number of benzene rings is 2. The molecule has 0 bridgehead atoms. The Morgan fingerprint density at radius 1 is 1.07 bits per heavy atom. The van der Waals surface area contributed by atoms with Crippen molar-refractivity contribution in [3.8, 4) is 0 Å². The standard InChI is InChI=1S/C19H20N2O5S/c22-19(13-14-5-1-4-8-18(14)21(23)24)20-15-9-11-17(12-10-15)27(25,26)16-6-2-3-7-16/h1,4-5,8-12,16H,2-3,6-7,13H2,(H,20,22). The summed E-state index contributed by atoms with van der Waals surface area (Å²) in [5.41, 5.74) is 0.662. The predicted molar refractivity (Wildman–Crippen MR) is 101 cm³/mol. The number of carbonyl (C=O) groups excluding carboxylic acids is 1. The minimum absolute atomic E-state index is 0.106. The molecule has 0 aromatic heterocycles. The zero-order chi connectivity index (χ0) is 19.4. The summed E-state index contributed by atoms with van der Waals surface area (Å²) in [6, 6.07) is 12.1. The van der Waals surface area contributed by atoms with E-state index in [9.17, 15) is 23.3 Å². The van der Waals surface area contributed by atoms with Gasteiger partial charge in [0.1, 0.15) is 0 Å². The second-order valence-electron chi connectivity index (χ2n) is 6.59. The lowest BCUT2D eigenvalue weighted by molar-refractivity contribution is -0.385. The van der Waals surface area contributed by atoms with Crippen molar-refractivity contribution in [2.75, 3.05) is 5.32 Å². The summed E-state index contributed by atoms with van der Waals surface area (Å²) < 4.78 is 25.1. The fraction of sp³-hybridized carbons (Fsp3) is 0.316. The van der Waals surface area contributed by atoms with Crippen LogP contribution >= 0.6 is 0 Å². The number of sulfone groups is 1. The number of nitrogens with zero attached hydrogens (tertiary/aromatic N) is 1. The molecule has 142 valence electrons. The van der Waals surface area contributed by atoms with E-state index < -0.39 is 20.7 Å². The summed E-state index contributed by atoms with van der Waals surface area (Å²) >= 11 is 0. The van der Waals surface area contributed by atoms with Crippen molar-refractivity contribution in [3.63, 3.8) is 0 Å². The maximum absolute atomic E-state index is 12.6. The third-order valence-electron chi connectivity index (χ3n) is 4.75. The Morgan fingerprint density at radius 2 is 1.70 bits per heavy atom. The van der Waals surface area contributed by atoms with Crippen molar-refractivity contribution >= 4 is 27.1 Å². The average molecular weight is 388 g/mol. The fourth-order valence-electron chi connectivity index (χ4n) is 3.34. The van der Waals surface area contributed by atoms with Crippen LogP contribution in [0.3, 0.4) is 0 Å². The summed E-state index contributed by atoms with van der Waals surface area (Å²) in [5.74, 6) is -0.407. The molecule has 0 radical (unpaired) electrons. The van der Waals surface area contributed by atoms with Gasteiger partial charge in [0.25, 0.3) is 5.69 Å². The molecule has 0 aliphatic heterocycles. The number of amides is 1. The Balaban J connectivity index is 1.68. The van der Waals surface area contributed by atoms with Gasteiger partial charge in [0.05, 0.1) is 21.5 Å². The van der Waals surface area contributed by atoms with Gasteiger partial charge in [-0.05, 0) is 37.1 Å². The van der Waals surface area contributed by atoms with Crippen LogP contribution in [0.25, 0.3) is 0 Å². The van der Waals surface area contributed by atoms with Gasteiger partial charge >= 0.3 is 0 Å². The zero-order valence-electron chi connectivity index (χ0n) is 14.6. The summed E-state index contributed by atoms with van der Waals surface area (Å²) in [5, 5.41) is 13.3. The van der Waals surface area contributed by atoms with Crippen LogP contribution in [0.1, 0.15) is 31.2 Å². The van der Waals surface area contributed by atoms with Crippen LogP contribution in [0.5, 0.6) is 0 Å². The van der Waals surface area contributed by atoms with Gasteiger partial charge in [-0.25, -0.2) is 8.42 Å². The van der Waals surface area contributed by atoms with Gasteiger partial charge < -0.3 is 5.32 Å². The Morgan fingerprint density at radius 3 is 2.33 bits per heavy atom. The van der Waals surface area contributed by atoms with E-state index in [4.69, 9.17) is 0 Å². The topological polar surface area (TPSA) is 106 Å². The summed E-state index contributed by atoms with van der Waals surface area (Å²) in [7, 11) is -3.34. The first-order chi connectivity index (χ1) is 12.9. The third kappa shape index (κ3) is 4.33. The lowest BCUT2D eigenvalue weighted by Gasteiger charge is -2.12. The molecule has 1 amide bonds. The van der Waals surface area contributed by atoms with Crippen LogP contribution in [-0.2, 0) is 21.1 Å².